The van der Waals surface area contributed by atoms with E-state index in [1.807, 2.05) is 6.92 Å². The lowest BCUT2D eigenvalue weighted by atomic mass is 10.1. The van der Waals surface area contributed by atoms with Crippen LogP contribution in [0.25, 0.3) is 11.0 Å². The van der Waals surface area contributed by atoms with Gasteiger partial charge in [0.1, 0.15) is 17.5 Å². The van der Waals surface area contributed by atoms with Gasteiger partial charge in [-0.25, -0.2) is 13.8 Å². The van der Waals surface area contributed by atoms with Crippen LogP contribution >= 0.6 is 0 Å². The maximum atomic E-state index is 14.4. The third kappa shape index (κ3) is 7.15. The van der Waals surface area contributed by atoms with E-state index in [2.05, 4.69) is 39.9 Å². The van der Waals surface area contributed by atoms with Crippen LogP contribution in [-0.2, 0) is 24.4 Å². The number of hydrogen-bond donors (Lipinski definition) is 1. The number of rotatable bonds is 13. The Hall–Kier alpha value is -2.88. The van der Waals surface area contributed by atoms with E-state index >= 15 is 0 Å². The Bertz CT molecular complexity index is 1210. The average Bonchev–Trinajstić information content (AvgIpc) is 3.26. The van der Waals surface area contributed by atoms with E-state index < -0.39 is 17.5 Å². The molecule has 0 bridgehead atoms. The van der Waals surface area contributed by atoms with Gasteiger partial charge < -0.3 is 19.5 Å². The number of aryl methyl sites for hydroxylation is 1. The number of fused-ring (bicyclic) bond motifs is 1. The Morgan fingerprint density at radius 3 is 2.66 bits per heavy atom. The van der Waals surface area contributed by atoms with Gasteiger partial charge >= 0.3 is 0 Å². The molecule has 0 atom stereocenters. The van der Waals surface area contributed by atoms with Crippen LogP contribution in [0.5, 0.6) is 0 Å². The summed E-state index contributed by atoms with van der Waals surface area (Å²) in [5.74, 6) is -1.13. The van der Waals surface area contributed by atoms with Crippen molar-refractivity contribution in [2.75, 3.05) is 45.9 Å². The number of hydrogen-bond acceptors (Lipinski definition) is 5. The molecule has 38 heavy (non-hydrogen) atoms. The lowest BCUT2D eigenvalue weighted by Gasteiger charge is -2.26. The summed E-state index contributed by atoms with van der Waals surface area (Å²) >= 11 is 0. The zero-order valence-electron chi connectivity index (χ0n) is 22.5. The minimum atomic E-state index is -0.721. The van der Waals surface area contributed by atoms with Crippen molar-refractivity contribution in [3.8, 4) is 0 Å². The minimum absolute atomic E-state index is 0.229. The summed E-state index contributed by atoms with van der Waals surface area (Å²) in [4.78, 5) is 22.1. The third-order valence-corrected chi connectivity index (χ3v) is 6.87. The van der Waals surface area contributed by atoms with Gasteiger partial charge in [-0.3, -0.25) is 9.69 Å². The summed E-state index contributed by atoms with van der Waals surface area (Å²) in [6.45, 7) is 11.9. The number of carbonyl (C=O) groups is 1. The number of nitrogens with one attached hydrogen (secondary N) is 1. The molecule has 206 valence electrons. The predicted octanol–water partition coefficient (Wildman–Crippen LogP) is 4.59. The van der Waals surface area contributed by atoms with Gasteiger partial charge in [-0.2, -0.15) is 0 Å². The van der Waals surface area contributed by atoms with Crippen molar-refractivity contribution in [3.05, 3.63) is 65.0 Å². The Morgan fingerprint density at radius 1 is 1.08 bits per heavy atom. The van der Waals surface area contributed by atoms with Crippen LogP contribution in [0.4, 0.5) is 8.78 Å². The van der Waals surface area contributed by atoms with Crippen molar-refractivity contribution in [2.45, 2.75) is 52.7 Å². The van der Waals surface area contributed by atoms with E-state index in [1.165, 1.54) is 0 Å². The first-order valence-corrected chi connectivity index (χ1v) is 13.7. The fraction of sp³-hybridized carbons (Fsp3) is 0.517. The fourth-order valence-electron chi connectivity index (χ4n) is 4.94. The van der Waals surface area contributed by atoms with Gasteiger partial charge in [-0.1, -0.05) is 19.9 Å². The molecule has 1 saturated heterocycles. The molecule has 7 nitrogen and oxygen atoms in total. The predicted molar refractivity (Wildman–Crippen MR) is 145 cm³/mol. The first kappa shape index (κ1) is 28.1. The number of aromatic nitrogens is 2. The standard InChI is InChI=1S/C29H39F2N5O2/c1-3-11-35(29(37)24-19-23(30)7-8-25(24)31)21-28-33-26-18-22(6-9-27(26)36(28)12-4-2)20-32-10-5-13-34-14-16-38-17-15-34/h6-9,18-19,32H,3-5,10-17,20-21H2,1-2H3. The molecule has 3 aromatic rings. The summed E-state index contributed by atoms with van der Waals surface area (Å²) in [6, 6.07) is 9.29. The number of amides is 1. The molecule has 1 fully saturated rings. The van der Waals surface area contributed by atoms with Gasteiger partial charge in [0.2, 0.25) is 0 Å². The van der Waals surface area contributed by atoms with Gasteiger partial charge in [-0.05, 0) is 68.2 Å². The molecule has 0 spiro atoms. The molecule has 9 heteroatoms. The average molecular weight is 528 g/mol. The number of ether oxygens (including phenoxy) is 1. The van der Waals surface area contributed by atoms with Crippen LogP contribution < -0.4 is 5.32 Å². The number of benzene rings is 2. The van der Waals surface area contributed by atoms with Crippen molar-refractivity contribution in [3.63, 3.8) is 0 Å². The lowest BCUT2D eigenvalue weighted by molar-refractivity contribution is 0.0374. The molecule has 2 aromatic carbocycles. The molecule has 1 aromatic heterocycles. The number of nitrogens with zero attached hydrogens (tertiary/aromatic N) is 4. The SMILES string of the molecule is CCCN(Cc1nc2cc(CNCCCN3CCOCC3)ccc2n1CCC)C(=O)c1cc(F)ccc1F. The van der Waals surface area contributed by atoms with Crippen molar-refractivity contribution in [1.29, 1.82) is 0 Å². The van der Waals surface area contributed by atoms with Crippen LogP contribution in [0.3, 0.4) is 0 Å². The van der Waals surface area contributed by atoms with Crippen molar-refractivity contribution < 1.29 is 18.3 Å². The highest BCUT2D eigenvalue weighted by atomic mass is 19.1. The molecule has 1 amide bonds. The summed E-state index contributed by atoms with van der Waals surface area (Å²) in [5.41, 5.74) is 2.79. The Morgan fingerprint density at radius 2 is 1.89 bits per heavy atom. The topological polar surface area (TPSA) is 62.6 Å². The van der Waals surface area contributed by atoms with Gasteiger partial charge in [0, 0.05) is 32.7 Å². The zero-order chi connectivity index (χ0) is 26.9. The molecular weight excluding hydrogens is 488 g/mol. The Labute approximate surface area is 223 Å². The van der Waals surface area contributed by atoms with Crippen molar-refractivity contribution >= 4 is 16.9 Å². The van der Waals surface area contributed by atoms with E-state index in [-0.39, 0.29) is 12.1 Å². The van der Waals surface area contributed by atoms with Crippen molar-refractivity contribution in [1.82, 2.24) is 24.7 Å². The molecule has 1 aliphatic heterocycles. The smallest absolute Gasteiger partial charge is 0.257 e. The largest absolute Gasteiger partial charge is 0.379 e. The molecule has 2 heterocycles. The summed E-state index contributed by atoms with van der Waals surface area (Å²) < 4.78 is 35.7. The second kappa shape index (κ2) is 13.8. The second-order valence-electron chi connectivity index (χ2n) is 9.84. The molecule has 1 aliphatic rings. The van der Waals surface area contributed by atoms with Gasteiger partial charge in [0.15, 0.2) is 0 Å². The third-order valence-electron chi connectivity index (χ3n) is 6.87. The second-order valence-corrected chi connectivity index (χ2v) is 9.84. The molecule has 0 saturated carbocycles. The highest BCUT2D eigenvalue weighted by Gasteiger charge is 2.22. The van der Waals surface area contributed by atoms with Crippen molar-refractivity contribution in [2.24, 2.45) is 0 Å². The van der Waals surface area contributed by atoms with E-state index in [4.69, 9.17) is 9.72 Å². The number of carbonyl (C=O) groups excluding carboxylic acids is 1. The number of morpholine rings is 1. The fourth-order valence-corrected chi connectivity index (χ4v) is 4.94. The summed E-state index contributed by atoms with van der Waals surface area (Å²) in [7, 11) is 0. The van der Waals surface area contributed by atoms with Crippen LogP contribution in [-0.4, -0.2) is 71.2 Å². The van der Waals surface area contributed by atoms with Gasteiger partial charge in [0.05, 0.1) is 36.4 Å². The van der Waals surface area contributed by atoms with E-state index in [0.29, 0.717) is 13.0 Å². The molecule has 0 unspecified atom stereocenters. The molecule has 4 rings (SSSR count). The molecular formula is C29H39F2N5O2. The van der Waals surface area contributed by atoms with E-state index in [1.54, 1.807) is 4.90 Å². The number of imidazole rings is 1. The highest BCUT2D eigenvalue weighted by molar-refractivity contribution is 5.94. The first-order chi connectivity index (χ1) is 18.5. The van der Waals surface area contributed by atoms with Gasteiger partial charge in [-0.15, -0.1) is 0 Å². The molecule has 0 aliphatic carbocycles. The summed E-state index contributed by atoms with van der Waals surface area (Å²) in [5, 5.41) is 3.53. The molecule has 0 radical (unpaired) electrons. The van der Waals surface area contributed by atoms with Crippen LogP contribution in [0.15, 0.2) is 36.4 Å². The normalized spacial score (nSPS) is 14.3. The Balaban J connectivity index is 1.45. The minimum Gasteiger partial charge on any atom is -0.379 e. The first-order valence-electron chi connectivity index (χ1n) is 13.7. The lowest BCUT2D eigenvalue weighted by Crippen LogP contribution is -2.37. The summed E-state index contributed by atoms with van der Waals surface area (Å²) in [6.07, 6.45) is 2.69. The zero-order valence-corrected chi connectivity index (χ0v) is 22.5. The quantitative estimate of drug-likeness (QED) is 0.330. The number of halogens is 2. The molecule has 1 N–H and O–H groups in total. The van der Waals surface area contributed by atoms with E-state index in [9.17, 15) is 13.6 Å². The van der Waals surface area contributed by atoms with Crippen LogP contribution in [0.2, 0.25) is 0 Å². The maximum absolute atomic E-state index is 14.4. The van der Waals surface area contributed by atoms with Gasteiger partial charge in [0.25, 0.3) is 5.91 Å². The van der Waals surface area contributed by atoms with E-state index in [0.717, 1.165) is 106 Å². The van der Waals surface area contributed by atoms with Crippen LogP contribution in [0, 0.1) is 11.6 Å². The van der Waals surface area contributed by atoms with Crippen LogP contribution in [0.1, 0.15) is 54.9 Å². The maximum Gasteiger partial charge on any atom is 0.257 e. The highest BCUT2D eigenvalue weighted by Crippen LogP contribution is 2.22. The Kier molecular flexibility index (Phi) is 10.2. The monoisotopic (exact) mass is 527 g/mol.